The highest BCUT2D eigenvalue weighted by molar-refractivity contribution is 8.00. The normalized spacial score (nSPS) is 47.2. The number of carbonyl (C=O) groups excluding carboxylic acids is 1. The van der Waals surface area contributed by atoms with Gasteiger partial charge in [-0.1, -0.05) is 45.9 Å². The molecule has 1 aromatic rings. The molecule has 7 rings (SSSR count). The number of hydrazone groups is 1. The number of amides is 1. The largest absolute Gasteiger partial charge is 0.393 e. The van der Waals surface area contributed by atoms with E-state index in [0.29, 0.717) is 25.6 Å². The highest BCUT2D eigenvalue weighted by Gasteiger charge is 2.72. The highest BCUT2D eigenvalue weighted by Crippen LogP contribution is 2.69. The summed E-state index contributed by atoms with van der Waals surface area (Å²) in [6, 6.07) is 10.6. The second-order valence-electron chi connectivity index (χ2n) is 14.6. The van der Waals surface area contributed by atoms with Gasteiger partial charge in [-0.3, -0.25) is 9.80 Å². The van der Waals surface area contributed by atoms with Gasteiger partial charge in [-0.15, -0.1) is 11.8 Å². The third kappa shape index (κ3) is 4.31. The minimum absolute atomic E-state index is 0.0974. The zero-order chi connectivity index (χ0) is 29.4. The van der Waals surface area contributed by atoms with Gasteiger partial charge < -0.3 is 25.0 Å². The van der Waals surface area contributed by atoms with E-state index in [1.807, 2.05) is 11.8 Å². The first-order valence-corrected chi connectivity index (χ1v) is 16.9. The Balaban J connectivity index is 1.34. The van der Waals surface area contributed by atoms with E-state index < -0.39 is 23.9 Å². The summed E-state index contributed by atoms with van der Waals surface area (Å²) >= 11 is 1.89. The highest BCUT2D eigenvalue weighted by atomic mass is 32.2. The van der Waals surface area contributed by atoms with Crippen LogP contribution >= 0.6 is 11.8 Å². The molecule has 0 aromatic heterocycles. The van der Waals surface area contributed by atoms with Crippen molar-refractivity contribution in [3.05, 3.63) is 30.3 Å². The van der Waals surface area contributed by atoms with Gasteiger partial charge in [-0.25, -0.2) is 0 Å². The van der Waals surface area contributed by atoms with E-state index >= 15 is 0 Å². The van der Waals surface area contributed by atoms with Crippen LogP contribution in [0.15, 0.2) is 40.3 Å². The van der Waals surface area contributed by atoms with E-state index in [2.05, 4.69) is 68.4 Å². The van der Waals surface area contributed by atoms with Crippen molar-refractivity contribution in [3.8, 4) is 0 Å². The van der Waals surface area contributed by atoms with Gasteiger partial charge in [0, 0.05) is 22.1 Å². The number of aliphatic hydroxyl groups excluding tert-OH is 2. The lowest BCUT2D eigenvalue weighted by Gasteiger charge is -2.70. The van der Waals surface area contributed by atoms with Crippen LogP contribution in [0.3, 0.4) is 0 Å². The Labute approximate surface area is 254 Å². The van der Waals surface area contributed by atoms with Crippen molar-refractivity contribution in [1.82, 2.24) is 10.3 Å². The molecule has 6 fully saturated rings. The van der Waals surface area contributed by atoms with Crippen molar-refractivity contribution in [3.63, 3.8) is 0 Å². The topological polar surface area (TPSA) is 104 Å². The van der Waals surface area contributed by atoms with Crippen molar-refractivity contribution in [2.45, 2.75) is 94.0 Å². The molecule has 1 spiro atoms. The average Bonchev–Trinajstić information content (AvgIpc) is 3.24. The van der Waals surface area contributed by atoms with Crippen molar-refractivity contribution in [1.29, 1.82) is 0 Å². The van der Waals surface area contributed by atoms with E-state index in [1.165, 1.54) is 10.6 Å². The summed E-state index contributed by atoms with van der Waals surface area (Å²) in [4.78, 5) is 14.1. The molecular weight excluding hydrogens is 550 g/mol. The lowest BCUT2D eigenvalue weighted by atomic mass is 9.42. The average molecular weight is 598 g/mol. The first-order chi connectivity index (χ1) is 20.0. The predicted molar refractivity (Wildman–Crippen MR) is 162 cm³/mol. The zero-order valence-corrected chi connectivity index (χ0v) is 26.2. The summed E-state index contributed by atoms with van der Waals surface area (Å²) in [7, 11) is 0. The Morgan fingerprint density at radius 3 is 2.55 bits per heavy atom. The molecule has 6 aliphatic rings. The molecule has 3 aliphatic heterocycles. The second kappa shape index (κ2) is 10.5. The Hall–Kier alpha value is -1.65. The second-order valence-corrected chi connectivity index (χ2v) is 15.9. The number of nitrogens with zero attached hydrogens (tertiary/aromatic N) is 2. The molecule has 11 atom stereocenters. The summed E-state index contributed by atoms with van der Waals surface area (Å²) in [6.07, 6.45) is 2.29. The zero-order valence-electron chi connectivity index (χ0n) is 25.4. The maximum Gasteiger partial charge on any atom is 0.225 e. The number of rotatable bonds is 3. The quantitative estimate of drug-likeness (QED) is 0.486. The van der Waals surface area contributed by atoms with Crippen LogP contribution in [0.25, 0.3) is 0 Å². The number of hydrogen-bond donors (Lipinski definition) is 3. The monoisotopic (exact) mass is 597 g/mol. The molecule has 11 unspecified atom stereocenters. The molecule has 42 heavy (non-hydrogen) atoms. The molecule has 9 heteroatoms. The molecular formula is C33H47N3O5S. The maximum absolute atomic E-state index is 12.8. The molecule has 3 N–H and O–H groups in total. The lowest BCUT2D eigenvalue weighted by Crippen LogP contribution is -2.74. The predicted octanol–water partition coefficient (Wildman–Crippen LogP) is 3.91. The first-order valence-electron chi connectivity index (χ1n) is 16.0. The third-order valence-electron chi connectivity index (χ3n) is 12.3. The third-order valence-corrected chi connectivity index (χ3v) is 13.6. The standard InChI is InChI=1S/C33H47N3O5S/c1-19-10-11-25-31(2,3)28(35-36-12-14-40-15-13-36)24(42-20-8-6-5-7-9-20)18-33(25)32(19,4)17-22-23(37)16-21-26(27(22)41-33)30(39)34-29(21)38/h5-9,19,21-27,30,37,39H,10-18H2,1-4H3,(H,34,38). The Kier molecular flexibility index (Phi) is 7.25. The molecule has 1 aromatic carbocycles. The summed E-state index contributed by atoms with van der Waals surface area (Å²) in [5.41, 5.74) is 0.351. The van der Waals surface area contributed by atoms with Crippen molar-refractivity contribution in [2.24, 2.45) is 45.5 Å². The van der Waals surface area contributed by atoms with E-state index in [9.17, 15) is 15.0 Å². The van der Waals surface area contributed by atoms with E-state index in [0.717, 1.165) is 38.8 Å². The van der Waals surface area contributed by atoms with Crippen LogP contribution in [-0.2, 0) is 14.3 Å². The van der Waals surface area contributed by atoms with Gasteiger partial charge in [0.25, 0.3) is 0 Å². The number of benzene rings is 1. The van der Waals surface area contributed by atoms with Crippen LogP contribution in [0.5, 0.6) is 0 Å². The SMILES string of the molecule is CC1CCC2C(C)(C)C(=NN3CCOCC3)C(Sc3ccccc3)CC23OC2C(CC13C)C(O)CC1C(=O)NC(O)C12. The number of nitrogens with one attached hydrogen (secondary N) is 1. The number of ether oxygens (including phenoxy) is 2. The van der Waals surface area contributed by atoms with Crippen molar-refractivity contribution >= 4 is 23.4 Å². The first kappa shape index (κ1) is 29.1. The lowest BCUT2D eigenvalue weighted by molar-refractivity contribution is -0.323. The minimum atomic E-state index is -0.938. The van der Waals surface area contributed by atoms with Crippen LogP contribution in [0.2, 0.25) is 0 Å². The van der Waals surface area contributed by atoms with Gasteiger partial charge in [-0.05, 0) is 61.5 Å². The van der Waals surface area contributed by atoms with Gasteiger partial charge in [0.15, 0.2) is 0 Å². The Morgan fingerprint density at radius 1 is 1.07 bits per heavy atom. The van der Waals surface area contributed by atoms with Crippen LogP contribution in [-0.4, -0.2) is 82.4 Å². The molecule has 3 heterocycles. The summed E-state index contributed by atoms with van der Waals surface area (Å²) in [6.45, 7) is 12.5. The molecule has 8 nitrogen and oxygen atoms in total. The van der Waals surface area contributed by atoms with Gasteiger partial charge in [0.05, 0.1) is 61.0 Å². The number of carbonyl (C=O) groups is 1. The van der Waals surface area contributed by atoms with Crippen LogP contribution < -0.4 is 5.32 Å². The number of morpholine rings is 1. The van der Waals surface area contributed by atoms with E-state index in [1.54, 1.807) is 0 Å². The summed E-state index contributed by atoms with van der Waals surface area (Å²) in [5.74, 6) is -0.370. The smallest absolute Gasteiger partial charge is 0.225 e. The Bertz CT molecular complexity index is 1220. The fourth-order valence-corrected chi connectivity index (χ4v) is 11.4. The van der Waals surface area contributed by atoms with Crippen molar-refractivity contribution < 1.29 is 24.5 Å². The molecule has 230 valence electrons. The van der Waals surface area contributed by atoms with Gasteiger partial charge >= 0.3 is 0 Å². The Morgan fingerprint density at radius 2 is 1.81 bits per heavy atom. The summed E-state index contributed by atoms with van der Waals surface area (Å²) < 4.78 is 13.2. The maximum atomic E-state index is 12.8. The van der Waals surface area contributed by atoms with Gasteiger partial charge in [-0.2, -0.15) is 5.10 Å². The molecule has 3 saturated heterocycles. The number of aliphatic hydroxyl groups is 2. The fraction of sp³-hybridized carbons (Fsp3) is 0.758. The minimum Gasteiger partial charge on any atom is -0.393 e. The number of fused-ring (bicyclic) bond motifs is 3. The van der Waals surface area contributed by atoms with Crippen LogP contribution in [0.1, 0.15) is 59.8 Å². The van der Waals surface area contributed by atoms with Gasteiger partial charge in [0.2, 0.25) is 5.91 Å². The van der Waals surface area contributed by atoms with Crippen molar-refractivity contribution in [2.75, 3.05) is 26.3 Å². The number of thioether (sulfide) groups is 1. The van der Waals surface area contributed by atoms with E-state index in [4.69, 9.17) is 14.6 Å². The van der Waals surface area contributed by atoms with Crippen LogP contribution in [0.4, 0.5) is 0 Å². The molecule has 0 bridgehead atoms. The molecule has 1 amide bonds. The summed E-state index contributed by atoms with van der Waals surface area (Å²) in [5, 5.41) is 33.0. The van der Waals surface area contributed by atoms with Gasteiger partial charge in [0.1, 0.15) is 6.23 Å². The fourth-order valence-electron chi connectivity index (χ4n) is 9.97. The van der Waals surface area contributed by atoms with Crippen LogP contribution in [0, 0.1) is 40.4 Å². The molecule has 3 saturated carbocycles. The molecule has 0 radical (unpaired) electrons. The van der Waals surface area contributed by atoms with E-state index in [-0.39, 0.29) is 45.8 Å². The molecule has 3 aliphatic carbocycles. The number of hydrogen-bond acceptors (Lipinski definition) is 8.